The van der Waals surface area contributed by atoms with Gasteiger partial charge in [0.2, 0.25) is 0 Å². The average molecular weight is 282 g/mol. The summed E-state index contributed by atoms with van der Waals surface area (Å²) in [6, 6.07) is 16.5. The number of hydrogen-bond donors (Lipinski definition) is 0. The molecule has 0 unspecified atom stereocenters. The van der Waals surface area contributed by atoms with Gasteiger partial charge < -0.3 is 9.47 Å². The summed E-state index contributed by atoms with van der Waals surface area (Å²) < 4.78 is 10.3. The third kappa shape index (κ3) is 4.99. The Hall–Kier alpha value is -2.22. The van der Waals surface area contributed by atoms with E-state index in [1.807, 2.05) is 24.3 Å². The molecule has 110 valence electrons. The summed E-state index contributed by atoms with van der Waals surface area (Å²) in [5, 5.41) is 0. The van der Waals surface area contributed by atoms with Gasteiger partial charge >= 0.3 is 0 Å². The highest BCUT2D eigenvalue weighted by Crippen LogP contribution is 2.14. The lowest BCUT2D eigenvalue weighted by atomic mass is 10.1. The van der Waals surface area contributed by atoms with E-state index in [4.69, 9.17) is 9.47 Å². The van der Waals surface area contributed by atoms with Crippen molar-refractivity contribution in [3.63, 3.8) is 0 Å². The summed E-state index contributed by atoms with van der Waals surface area (Å²) in [6.07, 6.45) is 7.55. The van der Waals surface area contributed by atoms with E-state index in [-0.39, 0.29) is 0 Å². The largest absolute Gasteiger partial charge is 0.497 e. The zero-order chi connectivity index (χ0) is 14.9. The molecule has 0 saturated carbocycles. The number of rotatable bonds is 7. The fourth-order valence-corrected chi connectivity index (χ4v) is 2.14. The molecule has 0 aliphatic heterocycles. The molecule has 0 radical (unpaired) electrons. The predicted molar refractivity (Wildman–Crippen MR) is 87.2 cm³/mol. The topological polar surface area (TPSA) is 18.5 Å². The molecule has 0 fully saturated rings. The van der Waals surface area contributed by atoms with Crippen molar-refractivity contribution in [3.8, 4) is 11.5 Å². The van der Waals surface area contributed by atoms with Crippen molar-refractivity contribution in [1.29, 1.82) is 0 Å². The molecule has 2 aromatic rings. The summed E-state index contributed by atoms with van der Waals surface area (Å²) in [6.45, 7) is 0. The molecule has 0 N–H and O–H groups in total. The minimum absolute atomic E-state index is 0.905. The third-order valence-corrected chi connectivity index (χ3v) is 3.44. The van der Waals surface area contributed by atoms with Gasteiger partial charge in [-0.15, -0.1) is 0 Å². The number of benzene rings is 2. The second-order valence-electron chi connectivity index (χ2n) is 4.91. The van der Waals surface area contributed by atoms with E-state index in [2.05, 4.69) is 36.4 Å². The van der Waals surface area contributed by atoms with E-state index in [1.165, 1.54) is 11.1 Å². The van der Waals surface area contributed by atoms with E-state index < -0.39 is 0 Å². The van der Waals surface area contributed by atoms with Gasteiger partial charge in [-0.05, 0) is 54.7 Å². The van der Waals surface area contributed by atoms with E-state index in [0.717, 1.165) is 30.8 Å². The van der Waals surface area contributed by atoms with Crippen molar-refractivity contribution < 1.29 is 9.47 Å². The maximum absolute atomic E-state index is 5.15. The maximum Gasteiger partial charge on any atom is 0.118 e. The molecule has 21 heavy (non-hydrogen) atoms. The van der Waals surface area contributed by atoms with Crippen LogP contribution in [0.15, 0.2) is 60.7 Å². The minimum Gasteiger partial charge on any atom is -0.497 e. The first-order valence-corrected chi connectivity index (χ1v) is 7.22. The fourth-order valence-electron chi connectivity index (χ4n) is 2.14. The highest BCUT2D eigenvalue weighted by atomic mass is 16.5. The number of ether oxygens (including phenoxy) is 2. The number of aryl methyl sites for hydroxylation is 1. The zero-order valence-electron chi connectivity index (χ0n) is 12.7. The molecular weight excluding hydrogens is 260 g/mol. The molecule has 0 amide bonds. The van der Waals surface area contributed by atoms with Gasteiger partial charge in [0.25, 0.3) is 0 Å². The molecule has 2 aromatic carbocycles. The standard InChI is InChI=1S/C19H22O2/c1-20-18-12-8-16(9-13-18)6-4-3-5-7-17-10-14-19(21-2)15-11-17/h3-4,8-15H,5-7H2,1-2H3. The SMILES string of the molecule is COc1ccc(CC=CCCc2ccc(OC)cc2)cc1. The van der Waals surface area contributed by atoms with Gasteiger partial charge in [0, 0.05) is 0 Å². The van der Waals surface area contributed by atoms with E-state index in [9.17, 15) is 0 Å². The minimum atomic E-state index is 0.905. The quantitative estimate of drug-likeness (QED) is 0.699. The molecule has 0 saturated heterocycles. The molecule has 0 aromatic heterocycles. The first-order valence-electron chi connectivity index (χ1n) is 7.22. The number of allylic oxidation sites excluding steroid dienone is 2. The van der Waals surface area contributed by atoms with Crippen molar-refractivity contribution in [3.05, 3.63) is 71.8 Å². The van der Waals surface area contributed by atoms with Crippen LogP contribution in [0.25, 0.3) is 0 Å². The van der Waals surface area contributed by atoms with Crippen LogP contribution in [-0.4, -0.2) is 14.2 Å². The van der Waals surface area contributed by atoms with Crippen LogP contribution in [0.1, 0.15) is 17.5 Å². The van der Waals surface area contributed by atoms with Crippen LogP contribution in [0.2, 0.25) is 0 Å². The lowest BCUT2D eigenvalue weighted by Gasteiger charge is -2.02. The zero-order valence-corrected chi connectivity index (χ0v) is 12.7. The molecule has 0 aliphatic rings. The third-order valence-electron chi connectivity index (χ3n) is 3.44. The van der Waals surface area contributed by atoms with Crippen LogP contribution in [0, 0.1) is 0 Å². The Morgan fingerprint density at radius 2 is 1.24 bits per heavy atom. The van der Waals surface area contributed by atoms with Crippen molar-refractivity contribution >= 4 is 0 Å². The van der Waals surface area contributed by atoms with Crippen molar-refractivity contribution in [1.82, 2.24) is 0 Å². The molecule has 2 heteroatoms. The summed E-state index contributed by atoms with van der Waals surface area (Å²) in [7, 11) is 3.38. The Morgan fingerprint density at radius 1 is 0.714 bits per heavy atom. The van der Waals surface area contributed by atoms with Crippen molar-refractivity contribution in [2.45, 2.75) is 19.3 Å². The van der Waals surface area contributed by atoms with Crippen molar-refractivity contribution in [2.75, 3.05) is 14.2 Å². The Kier molecular flexibility index (Phi) is 5.89. The summed E-state index contributed by atoms with van der Waals surface area (Å²) in [5.74, 6) is 1.82. The van der Waals surface area contributed by atoms with Crippen LogP contribution >= 0.6 is 0 Å². The van der Waals surface area contributed by atoms with Crippen LogP contribution in [0.5, 0.6) is 11.5 Å². The van der Waals surface area contributed by atoms with Crippen LogP contribution in [0.3, 0.4) is 0 Å². The predicted octanol–water partition coefficient (Wildman–Crippen LogP) is 4.44. The normalized spacial score (nSPS) is 10.8. The number of methoxy groups -OCH3 is 2. The van der Waals surface area contributed by atoms with Gasteiger partial charge in [0.15, 0.2) is 0 Å². The molecule has 0 spiro atoms. The smallest absolute Gasteiger partial charge is 0.118 e. The Balaban J connectivity index is 1.74. The number of hydrogen-bond acceptors (Lipinski definition) is 2. The molecule has 0 bridgehead atoms. The fraction of sp³-hybridized carbons (Fsp3) is 0.263. The molecular formula is C19H22O2. The van der Waals surface area contributed by atoms with Crippen molar-refractivity contribution in [2.24, 2.45) is 0 Å². The Morgan fingerprint density at radius 3 is 1.76 bits per heavy atom. The first-order chi connectivity index (χ1) is 10.3. The summed E-state index contributed by atoms with van der Waals surface area (Å²) in [5.41, 5.74) is 2.64. The van der Waals surface area contributed by atoms with Crippen LogP contribution < -0.4 is 9.47 Å². The van der Waals surface area contributed by atoms with E-state index >= 15 is 0 Å². The molecule has 2 nitrogen and oxygen atoms in total. The van der Waals surface area contributed by atoms with Gasteiger partial charge in [-0.1, -0.05) is 36.4 Å². The highest BCUT2D eigenvalue weighted by Gasteiger charge is 1.94. The molecule has 0 atom stereocenters. The maximum atomic E-state index is 5.15. The van der Waals surface area contributed by atoms with Crippen LogP contribution in [-0.2, 0) is 12.8 Å². The Labute approximate surface area is 127 Å². The second kappa shape index (κ2) is 8.15. The summed E-state index contributed by atoms with van der Waals surface area (Å²) >= 11 is 0. The van der Waals surface area contributed by atoms with E-state index in [0.29, 0.717) is 0 Å². The molecule has 0 aliphatic carbocycles. The summed E-state index contributed by atoms with van der Waals surface area (Å²) in [4.78, 5) is 0. The van der Waals surface area contributed by atoms with Gasteiger partial charge in [-0.25, -0.2) is 0 Å². The highest BCUT2D eigenvalue weighted by molar-refractivity contribution is 5.29. The van der Waals surface area contributed by atoms with Gasteiger partial charge in [-0.3, -0.25) is 0 Å². The lowest BCUT2D eigenvalue weighted by molar-refractivity contribution is 0.414. The monoisotopic (exact) mass is 282 g/mol. The Bertz CT molecular complexity index is 553. The average Bonchev–Trinajstić information content (AvgIpc) is 2.55. The second-order valence-corrected chi connectivity index (χ2v) is 4.91. The molecule has 0 heterocycles. The first kappa shape index (κ1) is 15.2. The van der Waals surface area contributed by atoms with Gasteiger partial charge in [-0.2, -0.15) is 0 Å². The van der Waals surface area contributed by atoms with Gasteiger partial charge in [0.05, 0.1) is 14.2 Å². The van der Waals surface area contributed by atoms with Crippen LogP contribution in [0.4, 0.5) is 0 Å². The lowest BCUT2D eigenvalue weighted by Crippen LogP contribution is -1.86. The van der Waals surface area contributed by atoms with Gasteiger partial charge in [0.1, 0.15) is 11.5 Å². The molecule has 2 rings (SSSR count). The van der Waals surface area contributed by atoms with E-state index in [1.54, 1.807) is 14.2 Å².